The number of benzene rings is 1. The summed E-state index contributed by atoms with van der Waals surface area (Å²) < 4.78 is 0. The van der Waals surface area contributed by atoms with E-state index in [1.165, 1.54) is 0 Å². The van der Waals surface area contributed by atoms with Crippen LogP contribution >= 0.6 is 0 Å². The van der Waals surface area contributed by atoms with Crippen LogP contribution in [0.25, 0.3) is 0 Å². The van der Waals surface area contributed by atoms with Crippen molar-refractivity contribution < 1.29 is 9.59 Å². The summed E-state index contributed by atoms with van der Waals surface area (Å²) in [5.74, 6) is -0.206. The summed E-state index contributed by atoms with van der Waals surface area (Å²) in [5.41, 5.74) is 3.17. The number of nitrogens with zero attached hydrogens (tertiary/aromatic N) is 1. The van der Waals surface area contributed by atoms with Gasteiger partial charge in [-0.2, -0.15) is 0 Å². The van der Waals surface area contributed by atoms with Crippen LogP contribution in [-0.2, 0) is 9.59 Å². The van der Waals surface area contributed by atoms with Gasteiger partial charge >= 0.3 is 0 Å². The van der Waals surface area contributed by atoms with Gasteiger partial charge in [-0.3, -0.25) is 9.59 Å². The van der Waals surface area contributed by atoms with Crippen LogP contribution in [0, 0.1) is 19.8 Å². The molecule has 4 heteroatoms. The zero-order chi connectivity index (χ0) is 16.3. The van der Waals surface area contributed by atoms with E-state index < -0.39 is 0 Å². The average molecular weight is 302 g/mol. The molecule has 1 heterocycles. The Morgan fingerprint density at radius 2 is 1.95 bits per heavy atom. The summed E-state index contributed by atoms with van der Waals surface area (Å²) in [5, 5.41) is 3.02. The van der Waals surface area contributed by atoms with Gasteiger partial charge in [-0.1, -0.05) is 19.4 Å². The van der Waals surface area contributed by atoms with Crippen LogP contribution in [0.15, 0.2) is 18.2 Å². The first-order chi connectivity index (χ1) is 10.4. The van der Waals surface area contributed by atoms with Crippen molar-refractivity contribution in [3.05, 3.63) is 29.3 Å². The summed E-state index contributed by atoms with van der Waals surface area (Å²) in [7, 11) is 0. The number of hydrogen-bond acceptors (Lipinski definition) is 2. The lowest BCUT2D eigenvalue weighted by Gasteiger charge is -2.19. The van der Waals surface area contributed by atoms with Crippen molar-refractivity contribution in [2.24, 2.45) is 5.92 Å². The molecule has 0 radical (unpaired) electrons. The van der Waals surface area contributed by atoms with Crippen LogP contribution in [0.1, 0.15) is 44.2 Å². The van der Waals surface area contributed by atoms with Crippen molar-refractivity contribution >= 4 is 17.5 Å². The number of amides is 2. The van der Waals surface area contributed by atoms with Gasteiger partial charge in [0.2, 0.25) is 11.8 Å². The second kappa shape index (κ2) is 6.95. The monoisotopic (exact) mass is 302 g/mol. The summed E-state index contributed by atoms with van der Waals surface area (Å²) in [6.45, 7) is 8.64. The Balaban J connectivity index is 2.05. The number of carbonyl (C=O) groups excluding carboxylic acids is 2. The van der Waals surface area contributed by atoms with Gasteiger partial charge in [-0.25, -0.2) is 0 Å². The van der Waals surface area contributed by atoms with Gasteiger partial charge in [0, 0.05) is 24.7 Å². The third kappa shape index (κ3) is 3.87. The van der Waals surface area contributed by atoms with Crippen LogP contribution in [0.2, 0.25) is 0 Å². The number of rotatable bonds is 5. The zero-order valence-electron chi connectivity index (χ0n) is 14.0. The molecule has 0 saturated carbocycles. The molecule has 1 aromatic carbocycles. The molecule has 120 valence electrons. The maximum atomic E-state index is 12.3. The Kier molecular flexibility index (Phi) is 5.22. The molecule has 0 aromatic heterocycles. The highest BCUT2D eigenvalue weighted by atomic mass is 16.2. The SMILES string of the molecule is CCCC(C)NC(=O)C1CC(=O)N(c2cc(C)cc(C)c2)C1. The third-order valence-electron chi connectivity index (χ3n) is 4.12. The van der Waals surface area contributed by atoms with Crippen molar-refractivity contribution in [3.8, 4) is 0 Å². The molecular formula is C18H26N2O2. The fourth-order valence-electron chi connectivity index (χ4n) is 3.11. The van der Waals surface area contributed by atoms with E-state index in [0.29, 0.717) is 13.0 Å². The standard InChI is InChI=1S/C18H26N2O2/c1-5-6-14(4)19-18(22)15-10-17(21)20(11-15)16-8-12(2)7-13(3)9-16/h7-9,14-15H,5-6,10-11H2,1-4H3,(H,19,22). The molecular weight excluding hydrogens is 276 g/mol. The Morgan fingerprint density at radius 1 is 1.32 bits per heavy atom. The molecule has 2 atom stereocenters. The fraction of sp³-hybridized carbons (Fsp3) is 0.556. The molecule has 1 fully saturated rings. The Bertz CT molecular complexity index is 548. The summed E-state index contributed by atoms with van der Waals surface area (Å²) in [6, 6.07) is 6.26. The van der Waals surface area contributed by atoms with Gasteiger partial charge in [0.25, 0.3) is 0 Å². The number of carbonyl (C=O) groups is 2. The lowest BCUT2D eigenvalue weighted by molar-refractivity contribution is -0.126. The van der Waals surface area contributed by atoms with E-state index in [9.17, 15) is 9.59 Å². The summed E-state index contributed by atoms with van der Waals surface area (Å²) >= 11 is 0. The second-order valence-corrected chi connectivity index (χ2v) is 6.45. The number of nitrogens with one attached hydrogen (secondary N) is 1. The van der Waals surface area contributed by atoms with E-state index >= 15 is 0 Å². The van der Waals surface area contributed by atoms with E-state index in [1.807, 2.05) is 32.9 Å². The van der Waals surface area contributed by atoms with Crippen molar-refractivity contribution in [1.29, 1.82) is 0 Å². The van der Waals surface area contributed by atoms with Crippen LogP contribution in [0.3, 0.4) is 0 Å². The van der Waals surface area contributed by atoms with Gasteiger partial charge in [0.05, 0.1) is 5.92 Å². The highest BCUT2D eigenvalue weighted by Gasteiger charge is 2.35. The van der Waals surface area contributed by atoms with Gasteiger partial charge in [-0.05, 0) is 50.5 Å². The average Bonchev–Trinajstić information content (AvgIpc) is 2.80. The van der Waals surface area contributed by atoms with Crippen molar-refractivity contribution in [2.75, 3.05) is 11.4 Å². The molecule has 1 saturated heterocycles. The van der Waals surface area contributed by atoms with Crippen LogP contribution in [-0.4, -0.2) is 24.4 Å². The Labute approximate surface area is 132 Å². The molecule has 1 aliphatic heterocycles. The number of aryl methyl sites for hydroxylation is 2. The first-order valence-corrected chi connectivity index (χ1v) is 8.09. The normalized spacial score (nSPS) is 19.4. The minimum Gasteiger partial charge on any atom is -0.353 e. The molecule has 2 unspecified atom stereocenters. The van der Waals surface area contributed by atoms with Gasteiger partial charge in [-0.15, -0.1) is 0 Å². The molecule has 0 bridgehead atoms. The molecule has 4 nitrogen and oxygen atoms in total. The first kappa shape index (κ1) is 16.5. The Morgan fingerprint density at radius 3 is 2.55 bits per heavy atom. The smallest absolute Gasteiger partial charge is 0.227 e. The third-order valence-corrected chi connectivity index (χ3v) is 4.12. The topological polar surface area (TPSA) is 49.4 Å². The first-order valence-electron chi connectivity index (χ1n) is 8.09. The largest absolute Gasteiger partial charge is 0.353 e. The molecule has 22 heavy (non-hydrogen) atoms. The Hall–Kier alpha value is -1.84. The van der Waals surface area contributed by atoms with Crippen molar-refractivity contribution in [2.45, 2.75) is 53.0 Å². The molecule has 0 aliphatic carbocycles. The van der Waals surface area contributed by atoms with E-state index in [-0.39, 0.29) is 23.8 Å². The van der Waals surface area contributed by atoms with Gasteiger partial charge < -0.3 is 10.2 Å². The molecule has 1 aliphatic rings. The van der Waals surface area contributed by atoms with E-state index in [0.717, 1.165) is 29.7 Å². The zero-order valence-corrected chi connectivity index (χ0v) is 14.0. The predicted molar refractivity (Wildman–Crippen MR) is 88.9 cm³/mol. The highest BCUT2D eigenvalue weighted by molar-refractivity contribution is 6.00. The molecule has 1 N–H and O–H groups in total. The number of hydrogen-bond donors (Lipinski definition) is 1. The minimum atomic E-state index is -0.243. The molecule has 1 aromatic rings. The van der Waals surface area contributed by atoms with Crippen LogP contribution in [0.4, 0.5) is 5.69 Å². The van der Waals surface area contributed by atoms with Crippen molar-refractivity contribution in [1.82, 2.24) is 5.32 Å². The predicted octanol–water partition coefficient (Wildman–Crippen LogP) is 2.96. The molecule has 0 spiro atoms. The fourth-order valence-corrected chi connectivity index (χ4v) is 3.11. The maximum Gasteiger partial charge on any atom is 0.227 e. The van der Waals surface area contributed by atoms with Crippen LogP contribution in [0.5, 0.6) is 0 Å². The van der Waals surface area contributed by atoms with E-state index in [1.54, 1.807) is 4.90 Å². The highest BCUT2D eigenvalue weighted by Crippen LogP contribution is 2.27. The van der Waals surface area contributed by atoms with Crippen LogP contribution < -0.4 is 10.2 Å². The van der Waals surface area contributed by atoms with E-state index in [4.69, 9.17) is 0 Å². The molecule has 2 amide bonds. The van der Waals surface area contributed by atoms with Crippen molar-refractivity contribution in [3.63, 3.8) is 0 Å². The van der Waals surface area contributed by atoms with Gasteiger partial charge in [0.1, 0.15) is 0 Å². The minimum absolute atomic E-state index is 0.00109. The van der Waals surface area contributed by atoms with Gasteiger partial charge in [0.15, 0.2) is 0 Å². The maximum absolute atomic E-state index is 12.3. The molecule has 2 rings (SSSR count). The second-order valence-electron chi connectivity index (χ2n) is 6.45. The van der Waals surface area contributed by atoms with E-state index in [2.05, 4.69) is 18.3 Å². The quantitative estimate of drug-likeness (QED) is 0.909. The summed E-state index contributed by atoms with van der Waals surface area (Å²) in [6.07, 6.45) is 2.31. The number of anilines is 1. The lowest BCUT2D eigenvalue weighted by atomic mass is 10.1. The summed E-state index contributed by atoms with van der Waals surface area (Å²) in [4.78, 5) is 26.3. The lowest BCUT2D eigenvalue weighted by Crippen LogP contribution is -2.38.